The van der Waals surface area contributed by atoms with Crippen LogP contribution >= 0.6 is 0 Å². The van der Waals surface area contributed by atoms with E-state index in [-0.39, 0.29) is 11.6 Å². The number of hydrogen-bond donors (Lipinski definition) is 1. The van der Waals surface area contributed by atoms with Gasteiger partial charge in [0, 0.05) is 28.9 Å². The van der Waals surface area contributed by atoms with Gasteiger partial charge in [-0.15, -0.1) is 0 Å². The molecule has 0 aliphatic heterocycles. The van der Waals surface area contributed by atoms with E-state index in [1.165, 1.54) is 5.56 Å². The van der Waals surface area contributed by atoms with E-state index >= 15 is 0 Å². The van der Waals surface area contributed by atoms with Gasteiger partial charge in [-0.3, -0.25) is 9.59 Å². The average Bonchev–Trinajstić information content (AvgIpc) is 2.71. The monoisotopic (exact) mass is 370 g/mol. The normalized spacial score (nSPS) is 12.7. The number of carbonyl (C=O) groups is 2. The molecular formula is C24H22N2O2. The zero-order valence-electron chi connectivity index (χ0n) is 16.0. The Morgan fingerprint density at radius 3 is 2.07 bits per heavy atom. The Balaban J connectivity index is 1.64. The Hall–Kier alpha value is -3.24. The van der Waals surface area contributed by atoms with Crippen LogP contribution in [0.5, 0.6) is 0 Å². The molecule has 0 spiro atoms. The topological polar surface area (TPSA) is 49.4 Å². The fraction of sp³-hybridized carbons (Fsp3) is 0.167. The van der Waals surface area contributed by atoms with Crippen LogP contribution in [0.3, 0.4) is 0 Å². The van der Waals surface area contributed by atoms with Crippen LogP contribution in [0.25, 0.3) is 0 Å². The lowest BCUT2D eigenvalue weighted by Crippen LogP contribution is -2.22. The molecule has 140 valence electrons. The van der Waals surface area contributed by atoms with Crippen LogP contribution in [0, 0.1) is 0 Å². The van der Waals surface area contributed by atoms with Gasteiger partial charge in [-0.25, -0.2) is 0 Å². The van der Waals surface area contributed by atoms with Crippen molar-refractivity contribution in [1.29, 1.82) is 0 Å². The predicted molar refractivity (Wildman–Crippen MR) is 112 cm³/mol. The lowest BCUT2D eigenvalue weighted by molar-refractivity contribution is 0.0979. The highest BCUT2D eigenvalue weighted by molar-refractivity contribution is 6.30. The second-order valence-corrected chi connectivity index (χ2v) is 7.31. The molecule has 0 unspecified atom stereocenters. The Morgan fingerprint density at radius 1 is 0.750 bits per heavy atom. The summed E-state index contributed by atoms with van der Waals surface area (Å²) in [5, 5.41) is 3.32. The summed E-state index contributed by atoms with van der Waals surface area (Å²) < 4.78 is 0. The molecule has 0 aromatic heterocycles. The van der Waals surface area contributed by atoms with Crippen LogP contribution in [0.4, 0.5) is 11.4 Å². The number of carbonyl (C=O) groups excluding carboxylic acids is 2. The summed E-state index contributed by atoms with van der Waals surface area (Å²) in [4.78, 5) is 28.1. The number of benzene rings is 3. The van der Waals surface area contributed by atoms with E-state index in [2.05, 4.69) is 36.4 Å². The van der Waals surface area contributed by atoms with Gasteiger partial charge in [0.25, 0.3) is 0 Å². The highest BCUT2D eigenvalue weighted by Crippen LogP contribution is 2.33. The molecule has 0 amide bonds. The largest absolute Gasteiger partial charge is 0.355 e. The fourth-order valence-corrected chi connectivity index (χ4v) is 3.51. The summed E-state index contributed by atoms with van der Waals surface area (Å²) in [5.41, 5.74) is 4.65. The van der Waals surface area contributed by atoms with Crippen molar-refractivity contribution in [3.63, 3.8) is 0 Å². The molecule has 1 aliphatic carbocycles. The Morgan fingerprint density at radius 2 is 1.39 bits per heavy atom. The van der Waals surface area contributed by atoms with E-state index < -0.39 is 0 Å². The maximum Gasteiger partial charge on any atom is 0.196 e. The lowest BCUT2D eigenvalue weighted by Gasteiger charge is -2.20. The molecule has 4 rings (SSSR count). The zero-order valence-corrected chi connectivity index (χ0v) is 16.0. The molecule has 4 nitrogen and oxygen atoms in total. The third kappa shape index (κ3) is 3.35. The number of hydrogen-bond acceptors (Lipinski definition) is 4. The van der Waals surface area contributed by atoms with Gasteiger partial charge >= 0.3 is 0 Å². The van der Waals surface area contributed by atoms with Crippen molar-refractivity contribution in [2.45, 2.75) is 6.42 Å². The molecule has 0 heterocycles. The van der Waals surface area contributed by atoms with Gasteiger partial charge in [-0.1, -0.05) is 48.5 Å². The van der Waals surface area contributed by atoms with Crippen LogP contribution in [0.1, 0.15) is 37.4 Å². The molecule has 1 aliphatic rings. The first-order valence-electron chi connectivity index (χ1n) is 9.37. The smallest absolute Gasteiger partial charge is 0.196 e. The molecule has 0 saturated carbocycles. The summed E-state index contributed by atoms with van der Waals surface area (Å²) in [6.07, 6.45) is 0.984. The Kier molecular flexibility index (Phi) is 4.80. The van der Waals surface area contributed by atoms with Crippen molar-refractivity contribution in [1.82, 2.24) is 4.90 Å². The van der Waals surface area contributed by atoms with Crippen molar-refractivity contribution in [3.8, 4) is 0 Å². The van der Waals surface area contributed by atoms with E-state index in [4.69, 9.17) is 0 Å². The first-order chi connectivity index (χ1) is 13.5. The fourth-order valence-electron chi connectivity index (χ4n) is 3.51. The van der Waals surface area contributed by atoms with Gasteiger partial charge in [0.05, 0.1) is 11.3 Å². The molecule has 28 heavy (non-hydrogen) atoms. The number of anilines is 2. The predicted octanol–water partition coefficient (Wildman–Crippen LogP) is 4.31. The summed E-state index contributed by atoms with van der Waals surface area (Å²) in [6, 6.07) is 20.6. The van der Waals surface area contributed by atoms with E-state index in [9.17, 15) is 9.59 Å². The van der Waals surface area contributed by atoms with Gasteiger partial charge in [-0.2, -0.15) is 0 Å². The highest BCUT2D eigenvalue weighted by atomic mass is 16.1. The number of nitrogens with one attached hydrogen (secondary N) is 1. The van der Waals surface area contributed by atoms with Crippen molar-refractivity contribution < 1.29 is 9.59 Å². The van der Waals surface area contributed by atoms with Crippen LogP contribution in [0.2, 0.25) is 0 Å². The third-order valence-corrected chi connectivity index (χ3v) is 5.03. The van der Waals surface area contributed by atoms with Gasteiger partial charge in [0.1, 0.15) is 0 Å². The maximum absolute atomic E-state index is 13.1. The van der Waals surface area contributed by atoms with Gasteiger partial charge in [0.15, 0.2) is 11.6 Å². The second-order valence-electron chi connectivity index (χ2n) is 7.31. The number of fused-ring (bicyclic) bond motifs is 2. The third-order valence-electron chi connectivity index (χ3n) is 5.03. The van der Waals surface area contributed by atoms with Gasteiger partial charge in [0.2, 0.25) is 0 Å². The molecule has 0 saturated heterocycles. The van der Waals surface area contributed by atoms with Crippen LogP contribution in [-0.2, 0) is 6.42 Å². The van der Waals surface area contributed by atoms with Crippen LogP contribution < -0.4 is 5.32 Å². The standard InChI is InChI=1S/C24H22N2O2/c1-26(2)15-14-16-10-12-17(13-11-16)25-21-9-5-8-20-22(21)24(28)19-7-4-3-6-18(19)23(20)27/h3-13,25H,14-15H2,1-2H3. The van der Waals surface area contributed by atoms with E-state index in [1.54, 1.807) is 30.3 Å². The molecule has 1 N–H and O–H groups in total. The number of ketones is 2. The SMILES string of the molecule is CN(C)CCc1ccc(Nc2cccc3c2C(=O)c2ccccc2C3=O)cc1. The summed E-state index contributed by atoms with van der Waals surface area (Å²) in [6.45, 7) is 0.995. The number of likely N-dealkylation sites (N-methyl/N-ethyl adjacent to an activating group) is 1. The molecule has 4 heteroatoms. The van der Waals surface area contributed by atoms with Gasteiger partial charge < -0.3 is 10.2 Å². The molecular weight excluding hydrogens is 348 g/mol. The minimum absolute atomic E-state index is 0.104. The molecule has 0 atom stereocenters. The van der Waals surface area contributed by atoms with Gasteiger partial charge in [-0.05, 0) is 44.3 Å². The van der Waals surface area contributed by atoms with E-state index in [0.29, 0.717) is 27.9 Å². The molecule has 3 aromatic carbocycles. The van der Waals surface area contributed by atoms with Crippen molar-refractivity contribution in [3.05, 3.63) is 94.5 Å². The van der Waals surface area contributed by atoms with E-state index in [1.807, 2.05) is 24.3 Å². The second kappa shape index (κ2) is 7.41. The van der Waals surface area contributed by atoms with Crippen LogP contribution in [0.15, 0.2) is 66.7 Å². The molecule has 3 aromatic rings. The van der Waals surface area contributed by atoms with Crippen LogP contribution in [-0.4, -0.2) is 37.1 Å². The quantitative estimate of drug-likeness (QED) is 0.569. The van der Waals surface area contributed by atoms with Crippen molar-refractivity contribution >= 4 is 22.9 Å². The Labute approximate surface area is 164 Å². The molecule has 0 fully saturated rings. The number of rotatable bonds is 5. The van der Waals surface area contributed by atoms with Crippen molar-refractivity contribution in [2.24, 2.45) is 0 Å². The maximum atomic E-state index is 13.1. The first kappa shape index (κ1) is 18.1. The minimum atomic E-state index is -0.115. The lowest BCUT2D eigenvalue weighted by atomic mass is 9.83. The summed E-state index contributed by atoms with van der Waals surface area (Å²) in [5.74, 6) is -0.219. The zero-order chi connectivity index (χ0) is 19.7. The molecule has 0 bridgehead atoms. The Bertz CT molecular complexity index is 1050. The minimum Gasteiger partial charge on any atom is -0.355 e. The summed E-state index contributed by atoms with van der Waals surface area (Å²) >= 11 is 0. The number of nitrogens with zero attached hydrogens (tertiary/aromatic N) is 1. The summed E-state index contributed by atoms with van der Waals surface area (Å²) in [7, 11) is 4.12. The highest BCUT2D eigenvalue weighted by Gasteiger charge is 2.31. The first-order valence-corrected chi connectivity index (χ1v) is 9.37. The molecule has 0 radical (unpaired) electrons. The van der Waals surface area contributed by atoms with Crippen molar-refractivity contribution in [2.75, 3.05) is 26.0 Å². The van der Waals surface area contributed by atoms with E-state index in [0.717, 1.165) is 18.7 Å². The average molecular weight is 370 g/mol.